The molecule has 1 fully saturated rings. The van der Waals surface area contributed by atoms with Gasteiger partial charge in [-0.05, 0) is 51.0 Å². The van der Waals surface area contributed by atoms with Crippen molar-refractivity contribution < 1.29 is 27.5 Å². The van der Waals surface area contributed by atoms with E-state index in [1.165, 1.54) is 17.9 Å². The van der Waals surface area contributed by atoms with Gasteiger partial charge < -0.3 is 14.4 Å². The van der Waals surface area contributed by atoms with Gasteiger partial charge in [0.25, 0.3) is 5.91 Å². The lowest BCUT2D eigenvalue weighted by Gasteiger charge is -2.29. The van der Waals surface area contributed by atoms with Crippen LogP contribution in [0.3, 0.4) is 0 Å². The highest BCUT2D eigenvalue weighted by Gasteiger charge is 2.36. The van der Waals surface area contributed by atoms with Crippen LogP contribution in [0.5, 0.6) is 5.75 Å². The average Bonchev–Trinajstić information content (AvgIpc) is 3.01. The van der Waals surface area contributed by atoms with Crippen LogP contribution in [0.25, 0.3) is 6.08 Å². The third kappa shape index (κ3) is 6.09. The van der Waals surface area contributed by atoms with Crippen LogP contribution in [0.15, 0.2) is 30.3 Å². The smallest absolute Gasteiger partial charge is 0.331 e. The van der Waals surface area contributed by atoms with Gasteiger partial charge in [0.1, 0.15) is 5.75 Å². The third-order valence-corrected chi connectivity index (χ3v) is 6.27. The number of amides is 1. The summed E-state index contributed by atoms with van der Waals surface area (Å²) in [5.74, 6) is -0.224. The van der Waals surface area contributed by atoms with Crippen LogP contribution in [-0.4, -0.2) is 62.0 Å². The molecule has 1 amide bonds. The van der Waals surface area contributed by atoms with E-state index in [0.29, 0.717) is 19.6 Å². The first-order valence-electron chi connectivity index (χ1n) is 9.38. The molecule has 0 aliphatic carbocycles. The third-order valence-electron chi connectivity index (χ3n) is 4.52. The van der Waals surface area contributed by atoms with Crippen LogP contribution >= 0.6 is 0 Å². The average molecular weight is 410 g/mol. The molecule has 0 spiro atoms. The van der Waals surface area contributed by atoms with E-state index >= 15 is 0 Å². The molecule has 1 aromatic rings. The molecule has 0 saturated carbocycles. The molecule has 2 atom stereocenters. The van der Waals surface area contributed by atoms with Gasteiger partial charge in [0, 0.05) is 18.7 Å². The Balaban J connectivity index is 1.92. The molecular formula is C20H27NO6S. The fourth-order valence-electron chi connectivity index (χ4n) is 3.12. The van der Waals surface area contributed by atoms with E-state index in [9.17, 15) is 18.0 Å². The molecule has 0 unspecified atom stereocenters. The normalized spacial score (nSPS) is 19.3. The Morgan fingerprint density at radius 2 is 1.93 bits per heavy atom. The monoisotopic (exact) mass is 409 g/mol. The largest absolute Gasteiger partial charge is 0.494 e. The quantitative estimate of drug-likeness (QED) is 0.482. The number of ether oxygens (including phenoxy) is 2. The van der Waals surface area contributed by atoms with E-state index in [0.717, 1.165) is 11.3 Å². The Hall–Kier alpha value is -2.35. The summed E-state index contributed by atoms with van der Waals surface area (Å²) in [6.07, 6.45) is 2.28. The molecule has 1 aliphatic heterocycles. The van der Waals surface area contributed by atoms with Crippen molar-refractivity contribution in [1.29, 1.82) is 0 Å². The summed E-state index contributed by atoms with van der Waals surface area (Å²) in [6, 6.07) is 6.86. The highest BCUT2D eigenvalue weighted by Crippen LogP contribution is 2.19. The lowest BCUT2D eigenvalue weighted by atomic mass is 10.2. The van der Waals surface area contributed by atoms with Crippen molar-refractivity contribution in [3.05, 3.63) is 35.9 Å². The van der Waals surface area contributed by atoms with E-state index in [1.807, 2.05) is 19.1 Å². The topological polar surface area (TPSA) is 90.0 Å². The highest BCUT2D eigenvalue weighted by molar-refractivity contribution is 7.91. The number of rotatable bonds is 8. The Morgan fingerprint density at radius 3 is 2.46 bits per heavy atom. The molecule has 8 heteroatoms. The van der Waals surface area contributed by atoms with E-state index in [1.54, 1.807) is 25.1 Å². The zero-order valence-corrected chi connectivity index (χ0v) is 17.3. The zero-order valence-electron chi connectivity index (χ0n) is 16.5. The lowest BCUT2D eigenvalue weighted by Crippen LogP contribution is -2.46. The summed E-state index contributed by atoms with van der Waals surface area (Å²) < 4.78 is 33.9. The predicted molar refractivity (Wildman–Crippen MR) is 107 cm³/mol. The molecule has 1 saturated heterocycles. The summed E-state index contributed by atoms with van der Waals surface area (Å²) in [5.41, 5.74) is 0.797. The second-order valence-corrected chi connectivity index (χ2v) is 8.82. The van der Waals surface area contributed by atoms with E-state index in [-0.39, 0.29) is 23.5 Å². The van der Waals surface area contributed by atoms with Crippen molar-refractivity contribution in [2.75, 3.05) is 24.7 Å². The maximum atomic E-state index is 12.6. The molecule has 154 valence electrons. The number of benzene rings is 1. The lowest BCUT2D eigenvalue weighted by molar-refractivity contribution is -0.156. The van der Waals surface area contributed by atoms with Crippen molar-refractivity contribution in [3.63, 3.8) is 0 Å². The van der Waals surface area contributed by atoms with Gasteiger partial charge in [-0.15, -0.1) is 0 Å². The Kier molecular flexibility index (Phi) is 7.62. The Labute approximate surface area is 166 Å². The molecule has 1 heterocycles. The van der Waals surface area contributed by atoms with E-state index in [4.69, 9.17) is 9.47 Å². The van der Waals surface area contributed by atoms with Crippen LogP contribution < -0.4 is 4.74 Å². The minimum atomic E-state index is -3.10. The number of hydrogen-bond acceptors (Lipinski definition) is 6. The first-order valence-corrected chi connectivity index (χ1v) is 11.2. The van der Waals surface area contributed by atoms with Gasteiger partial charge in [0.15, 0.2) is 15.9 Å². The van der Waals surface area contributed by atoms with E-state index in [2.05, 4.69) is 0 Å². The van der Waals surface area contributed by atoms with Crippen LogP contribution in [0.4, 0.5) is 0 Å². The summed E-state index contributed by atoms with van der Waals surface area (Å²) in [4.78, 5) is 26.1. The van der Waals surface area contributed by atoms with Crippen LogP contribution in [-0.2, 0) is 24.2 Å². The summed E-state index contributed by atoms with van der Waals surface area (Å²) in [7, 11) is -3.10. The van der Waals surface area contributed by atoms with Crippen LogP contribution in [0.2, 0.25) is 0 Å². The SMILES string of the molecule is CCOc1ccc(/C=C/C(=O)O[C@@H](C)C(=O)N(CC)[C@@H]2CCS(=O)(=O)C2)cc1. The molecule has 0 N–H and O–H groups in total. The van der Waals surface area contributed by atoms with Gasteiger partial charge in [0.2, 0.25) is 0 Å². The molecule has 0 bridgehead atoms. The highest BCUT2D eigenvalue weighted by atomic mass is 32.2. The molecule has 0 aromatic heterocycles. The second kappa shape index (κ2) is 9.73. The van der Waals surface area contributed by atoms with Gasteiger partial charge in [0.05, 0.1) is 18.1 Å². The predicted octanol–water partition coefficient (Wildman–Crippen LogP) is 2.07. The molecule has 1 aliphatic rings. The molecule has 2 rings (SSSR count). The second-order valence-electron chi connectivity index (χ2n) is 6.60. The van der Waals surface area contributed by atoms with Gasteiger partial charge in [-0.2, -0.15) is 0 Å². The van der Waals surface area contributed by atoms with Crippen molar-refractivity contribution in [1.82, 2.24) is 4.90 Å². The minimum Gasteiger partial charge on any atom is -0.494 e. The number of nitrogens with zero attached hydrogens (tertiary/aromatic N) is 1. The van der Waals surface area contributed by atoms with Gasteiger partial charge in [-0.25, -0.2) is 13.2 Å². The number of hydrogen-bond donors (Lipinski definition) is 0. The van der Waals surface area contributed by atoms with Crippen molar-refractivity contribution >= 4 is 27.8 Å². The Morgan fingerprint density at radius 1 is 1.25 bits per heavy atom. The summed E-state index contributed by atoms with van der Waals surface area (Å²) in [6.45, 7) is 6.12. The van der Waals surface area contributed by atoms with Crippen molar-refractivity contribution in [3.8, 4) is 5.75 Å². The molecule has 1 aromatic carbocycles. The fourth-order valence-corrected chi connectivity index (χ4v) is 4.85. The number of likely N-dealkylation sites (N-methyl/N-ethyl adjacent to an activating group) is 1. The standard InChI is InChI=1S/C20H27NO6S/c1-4-21(17-12-13-28(24,25)14-17)20(23)15(3)27-19(22)11-8-16-6-9-18(10-7-16)26-5-2/h6-11,15,17H,4-5,12-14H2,1-3H3/b11-8+/t15-,17+/m0/s1. The van der Waals surface area contributed by atoms with Crippen molar-refractivity contribution in [2.24, 2.45) is 0 Å². The molecule has 0 radical (unpaired) electrons. The number of sulfone groups is 1. The molecular weight excluding hydrogens is 382 g/mol. The number of carbonyl (C=O) groups excluding carboxylic acids is 2. The number of carbonyl (C=O) groups is 2. The molecule has 7 nitrogen and oxygen atoms in total. The van der Waals surface area contributed by atoms with Crippen molar-refractivity contribution in [2.45, 2.75) is 39.3 Å². The van der Waals surface area contributed by atoms with Crippen LogP contribution in [0, 0.1) is 0 Å². The Bertz CT molecular complexity index is 816. The maximum Gasteiger partial charge on any atom is 0.331 e. The number of esters is 1. The first-order chi connectivity index (χ1) is 13.3. The van der Waals surface area contributed by atoms with Gasteiger partial charge >= 0.3 is 5.97 Å². The maximum absolute atomic E-state index is 12.6. The van der Waals surface area contributed by atoms with Gasteiger partial charge in [-0.3, -0.25) is 4.79 Å². The van der Waals surface area contributed by atoms with Crippen LogP contribution in [0.1, 0.15) is 32.8 Å². The van der Waals surface area contributed by atoms with Gasteiger partial charge in [-0.1, -0.05) is 12.1 Å². The zero-order chi connectivity index (χ0) is 20.7. The van der Waals surface area contributed by atoms with E-state index < -0.39 is 21.9 Å². The minimum absolute atomic E-state index is 0.0368. The summed E-state index contributed by atoms with van der Waals surface area (Å²) in [5, 5.41) is 0. The fraction of sp³-hybridized carbons (Fsp3) is 0.500. The first kappa shape index (κ1) is 21.9. The summed E-state index contributed by atoms with van der Waals surface area (Å²) >= 11 is 0. The molecule has 28 heavy (non-hydrogen) atoms.